The van der Waals surface area contributed by atoms with Gasteiger partial charge in [0.05, 0.1) is 0 Å². The van der Waals surface area contributed by atoms with E-state index in [2.05, 4.69) is 10.6 Å². The summed E-state index contributed by atoms with van der Waals surface area (Å²) in [5.74, 6) is -0.665. The third-order valence-corrected chi connectivity index (χ3v) is 6.87. The third kappa shape index (κ3) is 8.93. The predicted octanol–water partition coefficient (Wildman–Crippen LogP) is 6.97. The van der Waals surface area contributed by atoms with Crippen LogP contribution in [0.15, 0.2) is 66.7 Å². The molecule has 0 saturated carbocycles. The monoisotopic (exact) mass is 571 g/mol. The fourth-order valence-electron chi connectivity index (χ4n) is 5.15. The van der Waals surface area contributed by atoms with E-state index in [0.717, 1.165) is 33.5 Å². The van der Waals surface area contributed by atoms with E-state index in [-0.39, 0.29) is 18.2 Å². The number of benzene rings is 3. The Morgan fingerprint density at radius 1 is 0.857 bits per heavy atom. The number of rotatable bonds is 10. The lowest BCUT2D eigenvalue weighted by atomic mass is 9.97. The van der Waals surface area contributed by atoms with Crippen molar-refractivity contribution in [2.45, 2.75) is 85.9 Å². The fraction of sp³-hybridized carbons (Fsp3) is 0.400. The van der Waals surface area contributed by atoms with Gasteiger partial charge in [0.15, 0.2) is 0 Å². The van der Waals surface area contributed by atoms with Crippen LogP contribution >= 0.6 is 0 Å². The molecule has 7 nitrogen and oxygen atoms in total. The highest BCUT2D eigenvalue weighted by molar-refractivity contribution is 6.00. The molecule has 2 atom stereocenters. The first kappa shape index (κ1) is 32.4. The highest BCUT2D eigenvalue weighted by atomic mass is 16.6. The van der Waals surface area contributed by atoms with E-state index in [9.17, 15) is 14.4 Å². The van der Waals surface area contributed by atoms with Crippen molar-refractivity contribution in [1.82, 2.24) is 10.2 Å². The number of nitrogens with zero attached hydrogens (tertiary/aromatic N) is 1. The molecule has 0 aromatic heterocycles. The number of aryl methyl sites for hydroxylation is 4. The minimum atomic E-state index is -0.949. The van der Waals surface area contributed by atoms with Crippen molar-refractivity contribution >= 4 is 23.6 Å². The Bertz CT molecular complexity index is 1350. The molecular weight excluding hydrogens is 526 g/mol. The molecule has 0 heterocycles. The van der Waals surface area contributed by atoms with Crippen molar-refractivity contribution < 1.29 is 19.1 Å². The number of nitrogens with one attached hydrogen (secondary N) is 2. The molecule has 3 aromatic carbocycles. The van der Waals surface area contributed by atoms with Crippen LogP contribution in [0.4, 0.5) is 10.5 Å². The zero-order valence-corrected chi connectivity index (χ0v) is 26.2. The van der Waals surface area contributed by atoms with Crippen LogP contribution in [0, 0.1) is 27.7 Å². The van der Waals surface area contributed by atoms with E-state index in [0.29, 0.717) is 18.5 Å². The lowest BCUT2D eigenvalue weighted by molar-refractivity contribution is -0.140. The third-order valence-electron chi connectivity index (χ3n) is 6.87. The minimum absolute atomic E-state index is 0.247. The second-order valence-corrected chi connectivity index (χ2v) is 12.0. The normalized spacial score (nSPS) is 12.7. The molecule has 0 aliphatic carbocycles. The summed E-state index contributed by atoms with van der Waals surface area (Å²) in [5.41, 5.74) is 5.45. The van der Waals surface area contributed by atoms with Crippen LogP contribution in [0.3, 0.4) is 0 Å². The van der Waals surface area contributed by atoms with Crippen molar-refractivity contribution in [2.24, 2.45) is 0 Å². The van der Waals surface area contributed by atoms with Gasteiger partial charge >= 0.3 is 6.09 Å². The van der Waals surface area contributed by atoms with Crippen LogP contribution in [0.2, 0.25) is 0 Å². The predicted molar refractivity (Wildman–Crippen MR) is 169 cm³/mol. The number of hydrogen-bond acceptors (Lipinski definition) is 4. The van der Waals surface area contributed by atoms with Crippen molar-refractivity contribution in [2.75, 3.05) is 11.9 Å². The van der Waals surface area contributed by atoms with Gasteiger partial charge in [-0.25, -0.2) is 4.79 Å². The molecule has 2 unspecified atom stereocenters. The molecule has 3 amide bonds. The number of carbonyl (C=O) groups excluding carboxylic acids is 3. The van der Waals surface area contributed by atoms with Crippen LogP contribution in [0.5, 0.6) is 0 Å². The van der Waals surface area contributed by atoms with E-state index >= 15 is 0 Å². The van der Waals surface area contributed by atoms with Gasteiger partial charge in [0, 0.05) is 18.7 Å². The first-order valence-corrected chi connectivity index (χ1v) is 14.6. The number of para-hydroxylation sites is 1. The summed E-state index contributed by atoms with van der Waals surface area (Å²) in [6.45, 7) is 15.5. The quantitative estimate of drug-likeness (QED) is 0.275. The number of anilines is 1. The van der Waals surface area contributed by atoms with Gasteiger partial charge in [-0.15, -0.1) is 0 Å². The zero-order valence-electron chi connectivity index (χ0n) is 26.2. The van der Waals surface area contributed by atoms with E-state index in [1.54, 1.807) is 25.7 Å². The second kappa shape index (κ2) is 14.2. The average Bonchev–Trinajstić information content (AvgIpc) is 2.89. The molecule has 7 heteroatoms. The minimum Gasteiger partial charge on any atom is -0.444 e. The molecule has 2 N–H and O–H groups in total. The molecule has 0 aliphatic rings. The SMILES string of the molecule is CCCN(C(=O)C(Cc1ccccc1)NC(=O)OC(C)(C)C)C(C(=O)Nc1c(C)cccc1C)c1cc(C)cc(C)c1. The first-order valence-electron chi connectivity index (χ1n) is 14.6. The maximum absolute atomic E-state index is 14.5. The highest BCUT2D eigenvalue weighted by Crippen LogP contribution is 2.29. The largest absolute Gasteiger partial charge is 0.444 e. The smallest absolute Gasteiger partial charge is 0.408 e. The average molecular weight is 572 g/mol. The summed E-state index contributed by atoms with van der Waals surface area (Å²) < 4.78 is 5.53. The van der Waals surface area contributed by atoms with Gasteiger partial charge < -0.3 is 20.3 Å². The van der Waals surface area contributed by atoms with Crippen LogP contribution in [-0.2, 0) is 20.7 Å². The molecule has 3 aromatic rings. The van der Waals surface area contributed by atoms with Gasteiger partial charge in [0.1, 0.15) is 17.7 Å². The second-order valence-electron chi connectivity index (χ2n) is 12.0. The van der Waals surface area contributed by atoms with Crippen LogP contribution < -0.4 is 10.6 Å². The Morgan fingerprint density at radius 3 is 2.00 bits per heavy atom. The number of hydrogen-bond donors (Lipinski definition) is 2. The van der Waals surface area contributed by atoms with Crippen LogP contribution in [-0.4, -0.2) is 41.0 Å². The summed E-state index contributed by atoms with van der Waals surface area (Å²) in [7, 11) is 0. The van der Waals surface area contributed by atoms with Crippen molar-refractivity contribution in [3.8, 4) is 0 Å². The molecule has 0 bridgehead atoms. The molecule has 0 saturated heterocycles. The lowest BCUT2D eigenvalue weighted by Crippen LogP contribution is -2.53. The van der Waals surface area contributed by atoms with E-state index in [1.165, 1.54) is 0 Å². The Balaban J connectivity index is 2.09. The Kier molecular flexibility index (Phi) is 10.9. The Hall–Kier alpha value is -4.13. The molecule has 0 spiro atoms. The molecule has 3 rings (SSSR count). The number of ether oxygens (including phenoxy) is 1. The molecule has 224 valence electrons. The first-order chi connectivity index (χ1) is 19.8. The number of carbonyl (C=O) groups is 3. The van der Waals surface area contributed by atoms with Crippen LogP contribution in [0.1, 0.15) is 73.5 Å². The Labute approximate surface area is 250 Å². The standard InChI is InChI=1S/C35H45N3O4/c1-9-18-38(33(40)29(22-27-16-11-10-12-17-27)36-34(41)42-35(6,7)8)31(28-20-23(2)19-24(3)21-28)32(39)37-30-25(4)14-13-15-26(30)5/h10-17,19-21,29,31H,9,18,22H2,1-8H3,(H,36,41)(H,37,39). The fourth-order valence-corrected chi connectivity index (χ4v) is 5.15. The Morgan fingerprint density at radius 2 is 1.45 bits per heavy atom. The van der Waals surface area contributed by atoms with E-state index in [4.69, 9.17) is 4.74 Å². The summed E-state index contributed by atoms with van der Waals surface area (Å²) in [6, 6.07) is 19.4. The number of alkyl carbamates (subject to hydrolysis) is 1. The van der Waals surface area contributed by atoms with E-state index in [1.807, 2.05) is 101 Å². The van der Waals surface area contributed by atoms with Gasteiger partial charge in [-0.3, -0.25) is 9.59 Å². The topological polar surface area (TPSA) is 87.7 Å². The molecule has 42 heavy (non-hydrogen) atoms. The van der Waals surface area contributed by atoms with Crippen molar-refractivity contribution in [3.63, 3.8) is 0 Å². The van der Waals surface area contributed by atoms with Gasteiger partial charge in [-0.1, -0.05) is 84.8 Å². The van der Waals surface area contributed by atoms with Crippen LogP contribution in [0.25, 0.3) is 0 Å². The van der Waals surface area contributed by atoms with Gasteiger partial charge in [0.2, 0.25) is 5.91 Å². The maximum Gasteiger partial charge on any atom is 0.408 e. The van der Waals surface area contributed by atoms with Crippen molar-refractivity contribution in [3.05, 3.63) is 100 Å². The van der Waals surface area contributed by atoms with E-state index < -0.39 is 23.8 Å². The molecular formula is C35H45N3O4. The van der Waals surface area contributed by atoms with Gasteiger partial charge in [-0.05, 0) is 77.1 Å². The molecule has 0 fully saturated rings. The molecule has 0 radical (unpaired) electrons. The number of amides is 3. The highest BCUT2D eigenvalue weighted by Gasteiger charge is 2.36. The summed E-state index contributed by atoms with van der Waals surface area (Å²) in [4.78, 5) is 43.3. The molecule has 0 aliphatic heterocycles. The summed E-state index contributed by atoms with van der Waals surface area (Å²) in [5, 5.41) is 5.94. The zero-order chi connectivity index (χ0) is 31.0. The van der Waals surface area contributed by atoms with Gasteiger partial charge in [-0.2, -0.15) is 0 Å². The van der Waals surface area contributed by atoms with Crippen molar-refractivity contribution in [1.29, 1.82) is 0 Å². The maximum atomic E-state index is 14.5. The summed E-state index contributed by atoms with van der Waals surface area (Å²) >= 11 is 0. The summed E-state index contributed by atoms with van der Waals surface area (Å²) in [6.07, 6.45) is 0.182. The van der Waals surface area contributed by atoms with Gasteiger partial charge in [0.25, 0.3) is 5.91 Å². The lowest BCUT2D eigenvalue weighted by Gasteiger charge is -2.35.